The Hall–Kier alpha value is -1.18. The minimum absolute atomic E-state index is 0.0266. The Kier molecular flexibility index (Phi) is 5.33. The summed E-state index contributed by atoms with van der Waals surface area (Å²) >= 11 is 0. The topological polar surface area (TPSA) is 17.1 Å². The Morgan fingerprint density at radius 3 is 2.35 bits per heavy atom. The minimum atomic E-state index is -0.391. The molecule has 17 heavy (non-hydrogen) atoms. The maximum absolute atomic E-state index is 13.6. The lowest BCUT2D eigenvalue weighted by Gasteiger charge is -2.14. The summed E-state index contributed by atoms with van der Waals surface area (Å²) in [7, 11) is 0. The Morgan fingerprint density at radius 2 is 1.82 bits per heavy atom. The molecule has 0 radical (unpaired) electrons. The minimum Gasteiger partial charge on any atom is -0.294 e. The largest absolute Gasteiger partial charge is 0.294 e. The van der Waals surface area contributed by atoms with Crippen LogP contribution in [0.15, 0.2) is 18.2 Å². The van der Waals surface area contributed by atoms with Gasteiger partial charge in [0.05, 0.1) is 5.56 Å². The van der Waals surface area contributed by atoms with Crippen LogP contribution in [0.2, 0.25) is 0 Å². The van der Waals surface area contributed by atoms with Gasteiger partial charge in [-0.15, -0.1) is 0 Å². The molecule has 1 aromatic rings. The summed E-state index contributed by atoms with van der Waals surface area (Å²) in [6, 6.07) is 4.74. The second-order valence-corrected chi connectivity index (χ2v) is 4.62. The molecule has 1 rings (SSSR count). The molecule has 0 aliphatic carbocycles. The van der Waals surface area contributed by atoms with E-state index in [0.29, 0.717) is 0 Å². The van der Waals surface area contributed by atoms with Gasteiger partial charge >= 0.3 is 0 Å². The van der Waals surface area contributed by atoms with E-state index in [9.17, 15) is 9.18 Å². The third kappa shape index (κ3) is 3.65. The molecule has 0 aliphatic heterocycles. The summed E-state index contributed by atoms with van der Waals surface area (Å²) in [5, 5.41) is 0. The fourth-order valence-corrected chi connectivity index (χ4v) is 2.15. The summed E-state index contributed by atoms with van der Waals surface area (Å²) in [5.74, 6) is -0.450. The normalized spacial score (nSPS) is 10.9. The van der Waals surface area contributed by atoms with Crippen LogP contribution < -0.4 is 0 Å². The molecule has 0 atom stereocenters. The van der Waals surface area contributed by atoms with Gasteiger partial charge in [-0.05, 0) is 31.9 Å². The first-order valence-corrected chi connectivity index (χ1v) is 6.40. The summed E-state index contributed by atoms with van der Waals surface area (Å²) in [5.41, 5.74) is 1.19. The summed E-state index contributed by atoms with van der Waals surface area (Å²) in [4.78, 5) is 12.3. The van der Waals surface area contributed by atoms with E-state index >= 15 is 0 Å². The smallest absolute Gasteiger partial charge is 0.168 e. The van der Waals surface area contributed by atoms with Gasteiger partial charge in [-0.25, -0.2) is 4.39 Å². The van der Waals surface area contributed by atoms with E-state index in [2.05, 4.69) is 13.8 Å². The SMILES string of the molecule is CCCC(CCC)C(=O)c1cc(C)ccc1F. The first-order valence-electron chi connectivity index (χ1n) is 6.40. The van der Waals surface area contributed by atoms with Crippen molar-refractivity contribution in [2.24, 2.45) is 5.92 Å². The summed E-state index contributed by atoms with van der Waals surface area (Å²) < 4.78 is 13.6. The second kappa shape index (κ2) is 6.53. The number of carbonyl (C=O) groups is 1. The zero-order valence-corrected chi connectivity index (χ0v) is 10.9. The Bertz CT molecular complexity index is 379. The molecular formula is C15H21FO. The quantitative estimate of drug-likeness (QED) is 0.663. The van der Waals surface area contributed by atoms with Crippen LogP contribution in [-0.4, -0.2) is 5.78 Å². The summed E-state index contributed by atoms with van der Waals surface area (Å²) in [6.45, 7) is 6.00. The number of benzene rings is 1. The van der Waals surface area contributed by atoms with E-state index in [1.807, 2.05) is 6.92 Å². The van der Waals surface area contributed by atoms with E-state index in [1.54, 1.807) is 12.1 Å². The Labute approximate surface area is 103 Å². The van der Waals surface area contributed by atoms with Gasteiger partial charge in [0.25, 0.3) is 0 Å². The average molecular weight is 236 g/mol. The highest BCUT2D eigenvalue weighted by molar-refractivity contribution is 5.98. The van der Waals surface area contributed by atoms with Crippen molar-refractivity contribution < 1.29 is 9.18 Å². The molecule has 0 aromatic heterocycles. The number of hydrogen-bond acceptors (Lipinski definition) is 1. The molecule has 0 saturated heterocycles. The summed E-state index contributed by atoms with van der Waals surface area (Å²) in [6.07, 6.45) is 3.62. The molecule has 0 spiro atoms. The monoisotopic (exact) mass is 236 g/mol. The van der Waals surface area contributed by atoms with Gasteiger partial charge in [-0.3, -0.25) is 4.79 Å². The van der Waals surface area contributed by atoms with Crippen molar-refractivity contribution in [3.63, 3.8) is 0 Å². The van der Waals surface area contributed by atoms with Gasteiger partial charge in [0.15, 0.2) is 5.78 Å². The fraction of sp³-hybridized carbons (Fsp3) is 0.533. The van der Waals surface area contributed by atoms with Crippen LogP contribution in [0.5, 0.6) is 0 Å². The maximum Gasteiger partial charge on any atom is 0.168 e. The fourth-order valence-electron chi connectivity index (χ4n) is 2.15. The number of hydrogen-bond donors (Lipinski definition) is 0. The van der Waals surface area contributed by atoms with Gasteiger partial charge in [-0.1, -0.05) is 38.3 Å². The third-order valence-corrected chi connectivity index (χ3v) is 3.03. The molecule has 0 heterocycles. The van der Waals surface area contributed by atoms with E-state index in [1.165, 1.54) is 6.07 Å². The van der Waals surface area contributed by atoms with Crippen molar-refractivity contribution in [3.8, 4) is 0 Å². The maximum atomic E-state index is 13.6. The third-order valence-electron chi connectivity index (χ3n) is 3.03. The van der Waals surface area contributed by atoms with Crippen LogP contribution in [0.1, 0.15) is 55.5 Å². The van der Waals surface area contributed by atoms with E-state index in [4.69, 9.17) is 0 Å². The number of aryl methyl sites for hydroxylation is 1. The van der Waals surface area contributed by atoms with Gasteiger partial charge in [-0.2, -0.15) is 0 Å². The van der Waals surface area contributed by atoms with Crippen LogP contribution in [0.25, 0.3) is 0 Å². The van der Waals surface area contributed by atoms with Crippen LogP contribution in [0.3, 0.4) is 0 Å². The molecule has 1 nitrogen and oxygen atoms in total. The number of ketones is 1. The number of carbonyl (C=O) groups excluding carboxylic acids is 1. The highest BCUT2D eigenvalue weighted by Crippen LogP contribution is 2.22. The highest BCUT2D eigenvalue weighted by atomic mass is 19.1. The molecule has 94 valence electrons. The molecule has 2 heteroatoms. The van der Waals surface area contributed by atoms with Crippen molar-refractivity contribution in [2.75, 3.05) is 0 Å². The first kappa shape index (κ1) is 13.9. The Balaban J connectivity index is 2.95. The van der Waals surface area contributed by atoms with Crippen molar-refractivity contribution in [1.29, 1.82) is 0 Å². The standard InChI is InChI=1S/C15H21FO/c1-4-6-12(7-5-2)15(17)13-10-11(3)8-9-14(13)16/h8-10,12H,4-7H2,1-3H3. The second-order valence-electron chi connectivity index (χ2n) is 4.62. The molecule has 0 bridgehead atoms. The molecule has 0 unspecified atom stereocenters. The van der Waals surface area contributed by atoms with Crippen LogP contribution >= 0.6 is 0 Å². The average Bonchev–Trinajstić information content (AvgIpc) is 2.31. The van der Waals surface area contributed by atoms with Crippen molar-refractivity contribution in [3.05, 3.63) is 35.1 Å². The lowest BCUT2D eigenvalue weighted by Crippen LogP contribution is -2.16. The van der Waals surface area contributed by atoms with Gasteiger partial charge in [0, 0.05) is 5.92 Å². The van der Waals surface area contributed by atoms with E-state index in [-0.39, 0.29) is 17.3 Å². The van der Waals surface area contributed by atoms with Crippen LogP contribution in [-0.2, 0) is 0 Å². The lowest BCUT2D eigenvalue weighted by molar-refractivity contribution is 0.0900. The lowest BCUT2D eigenvalue weighted by atomic mass is 9.89. The highest BCUT2D eigenvalue weighted by Gasteiger charge is 2.21. The van der Waals surface area contributed by atoms with Crippen LogP contribution in [0, 0.1) is 18.7 Å². The molecular weight excluding hydrogens is 215 g/mol. The predicted molar refractivity (Wildman–Crippen MR) is 68.8 cm³/mol. The predicted octanol–water partition coefficient (Wildman–Crippen LogP) is 4.53. The zero-order chi connectivity index (χ0) is 12.8. The first-order chi connectivity index (χ1) is 8.10. The van der Waals surface area contributed by atoms with E-state index < -0.39 is 5.82 Å². The number of halogens is 1. The number of rotatable bonds is 6. The molecule has 0 fully saturated rings. The Morgan fingerprint density at radius 1 is 1.24 bits per heavy atom. The molecule has 0 amide bonds. The zero-order valence-electron chi connectivity index (χ0n) is 10.9. The van der Waals surface area contributed by atoms with Crippen molar-refractivity contribution in [2.45, 2.75) is 46.5 Å². The van der Waals surface area contributed by atoms with Crippen molar-refractivity contribution >= 4 is 5.78 Å². The van der Waals surface area contributed by atoms with Gasteiger partial charge in [0.1, 0.15) is 5.82 Å². The van der Waals surface area contributed by atoms with Crippen molar-refractivity contribution in [1.82, 2.24) is 0 Å². The van der Waals surface area contributed by atoms with Gasteiger partial charge < -0.3 is 0 Å². The molecule has 0 saturated carbocycles. The van der Waals surface area contributed by atoms with E-state index in [0.717, 1.165) is 31.2 Å². The number of Topliss-reactive ketones (excluding diaryl/α,β-unsaturated/α-hetero) is 1. The molecule has 0 aliphatic rings. The molecule has 0 N–H and O–H groups in total. The van der Waals surface area contributed by atoms with Gasteiger partial charge in [0.2, 0.25) is 0 Å². The van der Waals surface area contributed by atoms with Crippen LogP contribution in [0.4, 0.5) is 4.39 Å². The molecule has 1 aromatic carbocycles.